The van der Waals surface area contributed by atoms with Gasteiger partial charge in [-0.3, -0.25) is 14.4 Å². The fourth-order valence-corrected chi connectivity index (χ4v) is 8.62. The molecule has 6 heteroatoms. The van der Waals surface area contributed by atoms with Crippen LogP contribution in [0.15, 0.2) is 0 Å². The smallest absolute Gasteiger partial charge is 0.306 e. The molecule has 0 N–H and O–H groups in total. The van der Waals surface area contributed by atoms with E-state index in [0.29, 0.717) is 19.3 Å². The van der Waals surface area contributed by atoms with Gasteiger partial charge in [0.05, 0.1) is 0 Å². The van der Waals surface area contributed by atoms with Gasteiger partial charge in [0.15, 0.2) is 6.10 Å². The highest BCUT2D eigenvalue weighted by Crippen LogP contribution is 2.17. The number of carbonyl (C=O) groups excluding carboxylic acids is 3. The van der Waals surface area contributed by atoms with E-state index in [4.69, 9.17) is 14.2 Å². The second-order valence-electron chi connectivity index (χ2n) is 19.2. The summed E-state index contributed by atoms with van der Waals surface area (Å²) >= 11 is 0. The summed E-state index contributed by atoms with van der Waals surface area (Å²) in [6, 6.07) is 0. The summed E-state index contributed by atoms with van der Waals surface area (Å²) in [4.78, 5) is 38.0. The molecule has 1 unspecified atom stereocenters. The van der Waals surface area contributed by atoms with Crippen molar-refractivity contribution >= 4 is 17.9 Å². The average molecular weight is 877 g/mol. The van der Waals surface area contributed by atoms with Gasteiger partial charge in [0.25, 0.3) is 0 Å². The standard InChI is InChI=1S/C56H108O6/c1-4-7-10-13-16-19-21-23-25-27-28-29-31-32-34-37-40-43-46-49-55(58)61-52-53(51-60-54(57)48-45-42-39-36-18-15-12-9-6-3)62-56(59)50-47-44-41-38-35-33-30-26-24-22-20-17-14-11-8-5-2/h53H,4-52H2,1-3H3. The van der Waals surface area contributed by atoms with E-state index in [1.54, 1.807) is 0 Å². The van der Waals surface area contributed by atoms with Crippen LogP contribution in [0.4, 0.5) is 0 Å². The number of ether oxygens (including phenoxy) is 3. The maximum absolute atomic E-state index is 12.8. The molecule has 0 amide bonds. The van der Waals surface area contributed by atoms with Gasteiger partial charge >= 0.3 is 17.9 Å². The molecule has 6 nitrogen and oxygen atoms in total. The molecule has 62 heavy (non-hydrogen) atoms. The summed E-state index contributed by atoms with van der Waals surface area (Å²) in [5.41, 5.74) is 0. The summed E-state index contributed by atoms with van der Waals surface area (Å²) in [6.07, 6.45) is 56.7. The van der Waals surface area contributed by atoms with Gasteiger partial charge in [-0.15, -0.1) is 0 Å². The molecule has 0 radical (unpaired) electrons. The first-order valence-corrected chi connectivity index (χ1v) is 28.0. The van der Waals surface area contributed by atoms with Crippen LogP contribution in [0.1, 0.15) is 323 Å². The number of carbonyl (C=O) groups is 3. The summed E-state index contributed by atoms with van der Waals surface area (Å²) in [5, 5.41) is 0. The van der Waals surface area contributed by atoms with Crippen molar-refractivity contribution in [2.75, 3.05) is 13.2 Å². The third-order valence-corrected chi connectivity index (χ3v) is 12.9. The maximum Gasteiger partial charge on any atom is 0.306 e. The van der Waals surface area contributed by atoms with Crippen molar-refractivity contribution in [3.63, 3.8) is 0 Å². The van der Waals surface area contributed by atoms with E-state index in [-0.39, 0.29) is 31.1 Å². The fraction of sp³-hybridized carbons (Fsp3) is 0.946. The van der Waals surface area contributed by atoms with E-state index in [0.717, 1.165) is 57.8 Å². The first-order chi connectivity index (χ1) is 30.5. The molecule has 0 aliphatic rings. The number of hydrogen-bond acceptors (Lipinski definition) is 6. The summed E-state index contributed by atoms with van der Waals surface area (Å²) in [7, 11) is 0. The monoisotopic (exact) mass is 877 g/mol. The Morgan fingerprint density at radius 3 is 0.645 bits per heavy atom. The lowest BCUT2D eigenvalue weighted by molar-refractivity contribution is -0.167. The molecule has 0 saturated carbocycles. The molecule has 0 spiro atoms. The van der Waals surface area contributed by atoms with E-state index < -0.39 is 6.10 Å². The third-order valence-electron chi connectivity index (χ3n) is 12.9. The first-order valence-electron chi connectivity index (χ1n) is 28.0. The van der Waals surface area contributed by atoms with Gasteiger partial charge in [-0.2, -0.15) is 0 Å². The lowest BCUT2D eigenvalue weighted by atomic mass is 10.0. The van der Waals surface area contributed by atoms with Gasteiger partial charge in [-0.1, -0.05) is 284 Å². The molecule has 368 valence electrons. The second kappa shape index (κ2) is 52.0. The molecule has 0 aromatic heterocycles. The molecule has 0 rings (SSSR count). The molecule has 0 aromatic rings. The zero-order valence-electron chi connectivity index (χ0n) is 42.2. The SMILES string of the molecule is CCCCCCCCCCCCCCCCCCCCCC(=O)OCC(COC(=O)CCCCCCCCCCC)OC(=O)CCCCCCCCCCCCCCCCCC. The Labute approximate surface area is 387 Å². The van der Waals surface area contributed by atoms with Crippen molar-refractivity contribution in [2.45, 2.75) is 329 Å². The lowest BCUT2D eigenvalue weighted by Crippen LogP contribution is -2.30. The van der Waals surface area contributed by atoms with E-state index in [1.165, 1.54) is 225 Å². The highest BCUT2D eigenvalue weighted by molar-refractivity contribution is 5.71. The molecule has 0 bridgehead atoms. The van der Waals surface area contributed by atoms with Gasteiger partial charge < -0.3 is 14.2 Å². The van der Waals surface area contributed by atoms with Gasteiger partial charge in [0, 0.05) is 19.3 Å². The van der Waals surface area contributed by atoms with Crippen LogP contribution in [0.5, 0.6) is 0 Å². The number of rotatable bonds is 52. The van der Waals surface area contributed by atoms with Gasteiger partial charge in [-0.05, 0) is 19.3 Å². The Morgan fingerprint density at radius 1 is 0.258 bits per heavy atom. The molecule has 1 atom stereocenters. The molecule has 0 heterocycles. The minimum Gasteiger partial charge on any atom is -0.462 e. The number of hydrogen-bond donors (Lipinski definition) is 0. The summed E-state index contributed by atoms with van der Waals surface area (Å²) in [5.74, 6) is -0.839. The second-order valence-corrected chi connectivity index (χ2v) is 19.2. The van der Waals surface area contributed by atoms with E-state index in [9.17, 15) is 14.4 Å². The van der Waals surface area contributed by atoms with Crippen molar-refractivity contribution < 1.29 is 28.6 Å². The molecule has 0 saturated heterocycles. The molecular weight excluding hydrogens is 769 g/mol. The lowest BCUT2D eigenvalue weighted by Gasteiger charge is -2.18. The molecule has 0 fully saturated rings. The zero-order chi connectivity index (χ0) is 45.1. The van der Waals surface area contributed by atoms with Crippen LogP contribution in [-0.2, 0) is 28.6 Å². The maximum atomic E-state index is 12.8. The molecule has 0 aliphatic carbocycles. The summed E-state index contributed by atoms with van der Waals surface area (Å²) < 4.78 is 16.8. The predicted molar refractivity (Wildman–Crippen MR) is 266 cm³/mol. The normalized spacial score (nSPS) is 11.9. The fourth-order valence-electron chi connectivity index (χ4n) is 8.62. The Bertz CT molecular complexity index is 920. The van der Waals surface area contributed by atoms with Crippen LogP contribution in [0, 0.1) is 0 Å². The largest absolute Gasteiger partial charge is 0.462 e. The Hall–Kier alpha value is -1.59. The Kier molecular flexibility index (Phi) is 50.7. The number of unbranched alkanes of at least 4 members (excludes halogenated alkanes) is 41. The van der Waals surface area contributed by atoms with Crippen molar-refractivity contribution in [3.05, 3.63) is 0 Å². The third kappa shape index (κ3) is 49.4. The Balaban J connectivity index is 4.20. The van der Waals surface area contributed by atoms with Gasteiger partial charge in [-0.25, -0.2) is 0 Å². The van der Waals surface area contributed by atoms with Crippen molar-refractivity contribution in [2.24, 2.45) is 0 Å². The van der Waals surface area contributed by atoms with Crippen molar-refractivity contribution in [1.29, 1.82) is 0 Å². The predicted octanol–water partition coefficient (Wildman–Crippen LogP) is 18.4. The highest BCUT2D eigenvalue weighted by Gasteiger charge is 2.19. The average Bonchev–Trinajstić information content (AvgIpc) is 3.27. The van der Waals surface area contributed by atoms with Crippen molar-refractivity contribution in [3.8, 4) is 0 Å². The van der Waals surface area contributed by atoms with Crippen LogP contribution in [0.2, 0.25) is 0 Å². The first kappa shape index (κ1) is 60.4. The Morgan fingerprint density at radius 2 is 0.435 bits per heavy atom. The van der Waals surface area contributed by atoms with Gasteiger partial charge in [0.2, 0.25) is 0 Å². The minimum atomic E-state index is -0.760. The van der Waals surface area contributed by atoms with Crippen LogP contribution in [-0.4, -0.2) is 37.2 Å². The van der Waals surface area contributed by atoms with E-state index in [1.807, 2.05) is 0 Å². The van der Waals surface area contributed by atoms with Crippen LogP contribution < -0.4 is 0 Å². The molecule has 0 aliphatic heterocycles. The topological polar surface area (TPSA) is 78.9 Å². The van der Waals surface area contributed by atoms with Gasteiger partial charge in [0.1, 0.15) is 13.2 Å². The van der Waals surface area contributed by atoms with Crippen molar-refractivity contribution in [1.82, 2.24) is 0 Å². The van der Waals surface area contributed by atoms with Crippen LogP contribution in [0.3, 0.4) is 0 Å². The summed E-state index contributed by atoms with van der Waals surface area (Å²) in [6.45, 7) is 6.68. The van der Waals surface area contributed by atoms with Crippen LogP contribution in [0.25, 0.3) is 0 Å². The minimum absolute atomic E-state index is 0.0615. The van der Waals surface area contributed by atoms with Crippen LogP contribution >= 0.6 is 0 Å². The van der Waals surface area contributed by atoms with E-state index in [2.05, 4.69) is 20.8 Å². The highest BCUT2D eigenvalue weighted by atomic mass is 16.6. The molecular formula is C56H108O6. The molecule has 0 aromatic carbocycles. The van der Waals surface area contributed by atoms with E-state index >= 15 is 0 Å². The number of esters is 3. The zero-order valence-corrected chi connectivity index (χ0v) is 42.2. The quantitative estimate of drug-likeness (QED) is 0.0344.